The third-order valence-corrected chi connectivity index (χ3v) is 3.88. The van der Waals surface area contributed by atoms with Crippen molar-refractivity contribution < 1.29 is 47.6 Å². The van der Waals surface area contributed by atoms with Gasteiger partial charge in [0, 0.05) is 0 Å². The Morgan fingerprint density at radius 2 is 1.22 bits per heavy atom. The Morgan fingerprint density at radius 1 is 0.833 bits per heavy atom. The molecule has 0 aliphatic carbocycles. The maximum Gasteiger partial charge on any atom is 1.00 e. The van der Waals surface area contributed by atoms with Crippen molar-refractivity contribution in [2.75, 3.05) is 5.75 Å². The number of unbranched alkanes of at least 4 members (excludes halogenated alkanes) is 9. The number of rotatable bonds is 12. The molecule has 0 amide bonds. The van der Waals surface area contributed by atoms with E-state index in [9.17, 15) is 8.42 Å². The van der Waals surface area contributed by atoms with E-state index in [-0.39, 0.29) is 35.3 Å². The van der Waals surface area contributed by atoms with Gasteiger partial charge < -0.3 is 0 Å². The predicted octanol–water partition coefficient (Wildman–Crippen LogP) is 0.731. The van der Waals surface area contributed by atoms with Crippen molar-refractivity contribution in [3.05, 3.63) is 0 Å². The van der Waals surface area contributed by atoms with Crippen LogP contribution in [0.2, 0.25) is 0 Å². The Hall–Kier alpha value is 0.870. The summed E-state index contributed by atoms with van der Waals surface area (Å²) in [5.74, 6) is -0.0833. The van der Waals surface area contributed by atoms with E-state index in [1.807, 2.05) is 0 Å². The van der Waals surface area contributed by atoms with Gasteiger partial charge in [-0.2, -0.15) is 8.42 Å². The minimum atomic E-state index is -3.67. The van der Waals surface area contributed by atoms with E-state index in [0.717, 1.165) is 12.8 Å². The molecule has 6 heteroatoms. The van der Waals surface area contributed by atoms with Crippen LogP contribution < -0.4 is 29.6 Å². The summed E-state index contributed by atoms with van der Waals surface area (Å²) < 4.78 is 24.9. The Kier molecular flexibility index (Phi) is 16.8. The molecule has 0 fully saturated rings. The van der Waals surface area contributed by atoms with Gasteiger partial charge in [0.15, 0.2) is 0 Å². The van der Waals surface area contributed by atoms with Gasteiger partial charge in [0.2, 0.25) is 0 Å². The molecule has 0 radical (unpaired) electrons. The van der Waals surface area contributed by atoms with Gasteiger partial charge in [-0.25, -0.2) is 5.26 Å². The van der Waals surface area contributed by atoms with Gasteiger partial charge in [-0.3, -0.25) is 0 Å². The average Bonchev–Trinajstić information content (AvgIpc) is 2.31. The first-order chi connectivity index (χ1) is 8.12. The van der Waals surface area contributed by atoms with E-state index in [1.165, 1.54) is 44.9 Å². The maximum atomic E-state index is 10.8. The molecule has 0 spiro atoms. The first kappa shape index (κ1) is 21.2. The van der Waals surface area contributed by atoms with Gasteiger partial charge in [0.05, 0.1) is 5.75 Å². The van der Waals surface area contributed by atoms with E-state index in [1.54, 1.807) is 0 Å². The standard InChI is InChI=1S/C12H26O4S.Na/c1-2-3-4-5-6-7-8-9-10-11-12-17(14,15)16-13;/h13H,2-12H2,1H3;/q;+1. The summed E-state index contributed by atoms with van der Waals surface area (Å²) in [7, 11) is -3.67. The molecule has 0 aromatic heterocycles. The van der Waals surface area contributed by atoms with Gasteiger partial charge in [0.25, 0.3) is 10.1 Å². The van der Waals surface area contributed by atoms with E-state index in [0.29, 0.717) is 6.42 Å². The number of hydrogen-bond donors (Lipinski definition) is 1. The second-order valence-electron chi connectivity index (χ2n) is 4.52. The molecule has 0 heterocycles. The van der Waals surface area contributed by atoms with Gasteiger partial charge in [0.1, 0.15) is 0 Å². The third-order valence-electron chi connectivity index (χ3n) is 2.86. The van der Waals surface area contributed by atoms with Gasteiger partial charge >= 0.3 is 29.6 Å². The molecule has 0 atom stereocenters. The monoisotopic (exact) mass is 289 g/mol. The summed E-state index contributed by atoms with van der Waals surface area (Å²) in [6, 6.07) is 0. The van der Waals surface area contributed by atoms with Crippen molar-refractivity contribution in [2.24, 2.45) is 0 Å². The summed E-state index contributed by atoms with van der Waals surface area (Å²) in [4.78, 5) is 0. The zero-order valence-electron chi connectivity index (χ0n) is 11.9. The van der Waals surface area contributed by atoms with Crippen LogP contribution in [0.3, 0.4) is 0 Å². The molecule has 0 aromatic rings. The first-order valence-electron chi connectivity index (χ1n) is 6.68. The van der Waals surface area contributed by atoms with Crippen LogP contribution in [0, 0.1) is 0 Å². The van der Waals surface area contributed by atoms with Crippen LogP contribution in [-0.4, -0.2) is 19.4 Å². The van der Waals surface area contributed by atoms with E-state index < -0.39 is 10.1 Å². The Morgan fingerprint density at radius 3 is 1.61 bits per heavy atom. The van der Waals surface area contributed by atoms with Crippen LogP contribution in [0.1, 0.15) is 71.1 Å². The summed E-state index contributed by atoms with van der Waals surface area (Å²) >= 11 is 0. The SMILES string of the molecule is CCCCCCCCCCCCS(=O)(=O)OO.[Na+]. The zero-order chi connectivity index (χ0) is 13.0. The normalized spacial score (nSPS) is 11.2. The van der Waals surface area contributed by atoms with E-state index >= 15 is 0 Å². The van der Waals surface area contributed by atoms with Crippen LogP contribution in [0.25, 0.3) is 0 Å². The molecule has 18 heavy (non-hydrogen) atoms. The molecule has 0 rings (SSSR count). The summed E-state index contributed by atoms with van der Waals surface area (Å²) in [5.41, 5.74) is 0. The zero-order valence-corrected chi connectivity index (χ0v) is 14.7. The predicted molar refractivity (Wildman–Crippen MR) is 69.3 cm³/mol. The second-order valence-corrected chi connectivity index (χ2v) is 6.19. The molecular formula is C12H26NaO4S+. The topological polar surface area (TPSA) is 63.6 Å². The molecule has 0 saturated carbocycles. The smallest absolute Gasteiger partial charge is 0.235 e. The molecule has 0 saturated heterocycles. The van der Waals surface area contributed by atoms with Crippen molar-refractivity contribution in [3.63, 3.8) is 0 Å². The van der Waals surface area contributed by atoms with Crippen LogP contribution >= 0.6 is 0 Å². The summed E-state index contributed by atoms with van der Waals surface area (Å²) in [6.45, 7) is 2.21. The van der Waals surface area contributed by atoms with Crippen molar-refractivity contribution in [2.45, 2.75) is 71.1 Å². The quantitative estimate of drug-likeness (QED) is 0.249. The van der Waals surface area contributed by atoms with E-state index in [4.69, 9.17) is 5.26 Å². The van der Waals surface area contributed by atoms with Crippen LogP contribution in [0.15, 0.2) is 0 Å². The molecule has 0 unspecified atom stereocenters. The van der Waals surface area contributed by atoms with Gasteiger partial charge in [-0.15, -0.1) is 4.33 Å². The Bertz CT molecular complexity index is 255. The van der Waals surface area contributed by atoms with E-state index in [2.05, 4.69) is 11.3 Å². The molecule has 0 bridgehead atoms. The van der Waals surface area contributed by atoms with Gasteiger partial charge in [-0.1, -0.05) is 64.7 Å². The third kappa shape index (κ3) is 14.9. The molecule has 4 nitrogen and oxygen atoms in total. The fraction of sp³-hybridized carbons (Fsp3) is 1.00. The average molecular weight is 289 g/mol. The minimum Gasteiger partial charge on any atom is -0.235 e. The van der Waals surface area contributed by atoms with Crippen molar-refractivity contribution in [3.8, 4) is 0 Å². The fourth-order valence-electron chi connectivity index (χ4n) is 1.80. The maximum absolute atomic E-state index is 10.8. The second kappa shape index (κ2) is 14.3. The Labute approximate surface area is 134 Å². The number of hydrogen-bond acceptors (Lipinski definition) is 4. The largest absolute Gasteiger partial charge is 1.00 e. The molecule has 0 aliphatic rings. The fourth-order valence-corrected chi connectivity index (χ4v) is 2.44. The minimum absolute atomic E-state index is 0. The molecular weight excluding hydrogens is 263 g/mol. The Balaban J connectivity index is 0. The molecule has 0 aliphatic heterocycles. The molecule has 1 N–H and O–H groups in total. The van der Waals surface area contributed by atoms with Crippen molar-refractivity contribution in [1.82, 2.24) is 0 Å². The molecule has 104 valence electrons. The van der Waals surface area contributed by atoms with Crippen LogP contribution in [0.5, 0.6) is 0 Å². The molecule has 0 aromatic carbocycles. The van der Waals surface area contributed by atoms with Crippen LogP contribution in [-0.2, 0) is 14.5 Å². The van der Waals surface area contributed by atoms with Crippen molar-refractivity contribution in [1.29, 1.82) is 0 Å². The van der Waals surface area contributed by atoms with Gasteiger partial charge in [-0.05, 0) is 6.42 Å². The summed E-state index contributed by atoms with van der Waals surface area (Å²) in [6.07, 6.45) is 11.5. The summed E-state index contributed by atoms with van der Waals surface area (Å²) in [5, 5.41) is 8.05. The first-order valence-corrected chi connectivity index (χ1v) is 8.26. The van der Waals surface area contributed by atoms with Crippen molar-refractivity contribution >= 4 is 10.1 Å². The van der Waals surface area contributed by atoms with Crippen LogP contribution in [0.4, 0.5) is 0 Å².